The zero-order chi connectivity index (χ0) is 23.2. The van der Waals surface area contributed by atoms with E-state index < -0.39 is 25.9 Å². The molecule has 2 amide bonds. The van der Waals surface area contributed by atoms with E-state index in [0.717, 1.165) is 18.4 Å². The molecule has 13 heteroatoms. The molecule has 0 saturated heterocycles. The van der Waals surface area contributed by atoms with E-state index in [2.05, 4.69) is 30.6 Å². The first-order valence-electron chi connectivity index (χ1n) is 8.57. The number of sulfone groups is 1. The molecule has 2 rings (SSSR count). The molecule has 11 nitrogen and oxygen atoms in total. The van der Waals surface area contributed by atoms with Crippen LogP contribution in [0.2, 0.25) is 0 Å². The highest BCUT2D eigenvalue weighted by molar-refractivity contribution is 7.92. The molecule has 0 radical (unpaired) electrons. The van der Waals surface area contributed by atoms with Crippen LogP contribution in [0.25, 0.3) is 9.69 Å². The molecule has 4 N–H and O–H groups in total. The van der Waals surface area contributed by atoms with Crippen molar-refractivity contribution in [2.45, 2.75) is 16.7 Å². The molecule has 0 saturated carbocycles. The summed E-state index contributed by atoms with van der Waals surface area (Å²) in [7, 11) is -7.74. The molecule has 0 fully saturated rings. The summed E-state index contributed by atoms with van der Waals surface area (Å²) in [5.41, 5.74) is 4.52. The zero-order valence-electron chi connectivity index (χ0n) is 16.4. The summed E-state index contributed by atoms with van der Waals surface area (Å²) in [6.45, 7) is 16.4. The second kappa shape index (κ2) is 9.34. The predicted molar refractivity (Wildman–Crippen MR) is 115 cm³/mol. The first-order chi connectivity index (χ1) is 14.5. The van der Waals surface area contributed by atoms with Crippen molar-refractivity contribution in [3.05, 3.63) is 59.2 Å². The molecule has 0 atom stereocenters. The fourth-order valence-electron chi connectivity index (χ4n) is 2.43. The van der Waals surface area contributed by atoms with Crippen LogP contribution in [0.5, 0.6) is 0 Å². The maximum absolute atomic E-state index is 13.2. The third-order valence-corrected chi connectivity index (χ3v) is 6.14. The number of nitrogens with zero attached hydrogens (tertiary/aromatic N) is 2. The number of carbonyl (C=O) groups excluding carboxylic acids is 1. The van der Waals surface area contributed by atoms with E-state index in [1.807, 2.05) is 0 Å². The Hall–Kier alpha value is -3.81. The lowest BCUT2D eigenvalue weighted by Crippen LogP contribution is -2.39. The van der Waals surface area contributed by atoms with Crippen molar-refractivity contribution in [1.29, 1.82) is 0 Å². The monoisotopic (exact) mass is 462 g/mol. The average molecular weight is 463 g/mol. The lowest BCUT2D eigenvalue weighted by molar-refractivity contribution is 0.243. The van der Waals surface area contributed by atoms with Gasteiger partial charge >= 0.3 is 6.03 Å². The molecule has 31 heavy (non-hydrogen) atoms. The van der Waals surface area contributed by atoms with Crippen LogP contribution in [0.3, 0.4) is 0 Å². The average Bonchev–Trinajstić information content (AvgIpc) is 2.71. The van der Waals surface area contributed by atoms with Crippen molar-refractivity contribution in [3.63, 3.8) is 0 Å². The Kier molecular flexibility index (Phi) is 7.07. The predicted octanol–water partition coefficient (Wildman–Crippen LogP) is 2.64. The van der Waals surface area contributed by atoms with E-state index in [1.165, 1.54) is 24.3 Å². The van der Waals surface area contributed by atoms with Crippen LogP contribution in [0.1, 0.15) is 6.92 Å². The number of hydrogen-bond acceptors (Lipinski definition) is 6. The van der Waals surface area contributed by atoms with Crippen LogP contribution in [0, 0.1) is 13.1 Å². The number of carbonyl (C=O) groups is 1. The number of nitrogens with one attached hydrogen (secondary N) is 4. The van der Waals surface area contributed by atoms with E-state index in [4.69, 9.17) is 13.1 Å². The maximum Gasteiger partial charge on any atom is 0.333 e. The highest BCUT2D eigenvalue weighted by Crippen LogP contribution is 2.38. The fraction of sp³-hybridized carbons (Fsp3) is 0.167. The van der Waals surface area contributed by atoms with E-state index >= 15 is 0 Å². The largest absolute Gasteiger partial charge is 0.337 e. The lowest BCUT2D eigenvalue weighted by atomic mass is 10.2. The van der Waals surface area contributed by atoms with Gasteiger partial charge in [-0.15, -0.1) is 0 Å². The van der Waals surface area contributed by atoms with Gasteiger partial charge in [-0.3, -0.25) is 25.3 Å². The van der Waals surface area contributed by atoms with Crippen LogP contribution in [0.15, 0.2) is 46.2 Å². The maximum atomic E-state index is 13.2. The summed E-state index contributed by atoms with van der Waals surface area (Å²) in [6.07, 6.45) is 0.960. The Morgan fingerprint density at radius 2 is 1.58 bits per heavy atom. The molecule has 0 aliphatic heterocycles. The minimum absolute atomic E-state index is 0.0955. The van der Waals surface area contributed by atoms with Crippen LogP contribution in [0.4, 0.5) is 27.5 Å². The van der Waals surface area contributed by atoms with Gasteiger partial charge in [-0.05, 0) is 43.3 Å². The van der Waals surface area contributed by atoms with Gasteiger partial charge < -0.3 is 5.32 Å². The first kappa shape index (κ1) is 23.5. The molecule has 0 heterocycles. The quantitative estimate of drug-likeness (QED) is 0.368. The van der Waals surface area contributed by atoms with Crippen LogP contribution in [-0.2, 0) is 19.9 Å². The van der Waals surface area contributed by atoms with Gasteiger partial charge in [-0.2, -0.15) is 0 Å². The van der Waals surface area contributed by atoms with Gasteiger partial charge in [0.25, 0.3) is 0 Å². The van der Waals surface area contributed by atoms with E-state index in [-0.39, 0.29) is 32.5 Å². The third-order valence-electron chi connectivity index (χ3n) is 3.72. The number of hydrogen-bond donors (Lipinski definition) is 4. The molecule has 0 unspecified atom stereocenters. The number of sulfonamides is 1. The first-order valence-corrected chi connectivity index (χ1v) is 11.9. The molecular weight excluding hydrogens is 444 g/mol. The van der Waals surface area contributed by atoms with Crippen molar-refractivity contribution in [3.8, 4) is 0 Å². The zero-order valence-corrected chi connectivity index (χ0v) is 18.1. The van der Waals surface area contributed by atoms with Gasteiger partial charge in [-0.25, -0.2) is 21.6 Å². The van der Waals surface area contributed by atoms with Gasteiger partial charge in [-0.1, -0.05) is 0 Å². The summed E-state index contributed by atoms with van der Waals surface area (Å²) in [5.74, 6) is 0. The van der Waals surface area contributed by atoms with Crippen LogP contribution < -0.4 is 20.9 Å². The molecule has 0 aliphatic carbocycles. The fourth-order valence-corrected chi connectivity index (χ4v) is 4.41. The molecule has 2 aromatic rings. The molecule has 162 valence electrons. The van der Waals surface area contributed by atoms with Gasteiger partial charge in [0.2, 0.25) is 19.9 Å². The summed E-state index contributed by atoms with van der Waals surface area (Å²) in [6, 6.07) is 6.52. The molecular formula is C18H18N6O5S2. The Balaban J connectivity index is 2.54. The summed E-state index contributed by atoms with van der Waals surface area (Å²) >= 11 is 0. The minimum atomic E-state index is -4.21. The van der Waals surface area contributed by atoms with E-state index in [0.29, 0.717) is 6.54 Å². The number of rotatable bonds is 7. The Morgan fingerprint density at radius 3 is 2.10 bits per heavy atom. The second-order valence-corrected chi connectivity index (χ2v) is 9.74. The second-order valence-electron chi connectivity index (χ2n) is 6.07. The van der Waals surface area contributed by atoms with Gasteiger partial charge in [0.15, 0.2) is 11.4 Å². The number of urea groups is 1. The molecule has 0 spiro atoms. The molecule has 2 aromatic carbocycles. The van der Waals surface area contributed by atoms with Crippen LogP contribution >= 0.6 is 0 Å². The summed E-state index contributed by atoms with van der Waals surface area (Å²) in [4.78, 5) is 17.6. The molecule has 0 bridgehead atoms. The third kappa shape index (κ3) is 5.85. The van der Waals surface area contributed by atoms with Crippen molar-refractivity contribution in [2.24, 2.45) is 0 Å². The lowest BCUT2D eigenvalue weighted by Gasteiger charge is -2.15. The normalized spacial score (nSPS) is 11.0. The van der Waals surface area contributed by atoms with Crippen molar-refractivity contribution < 1.29 is 21.6 Å². The highest BCUT2D eigenvalue weighted by Gasteiger charge is 2.24. The number of benzene rings is 2. The van der Waals surface area contributed by atoms with E-state index in [9.17, 15) is 21.6 Å². The topological polar surface area (TPSA) is 142 Å². The highest BCUT2D eigenvalue weighted by atomic mass is 32.2. The van der Waals surface area contributed by atoms with Gasteiger partial charge in [0, 0.05) is 12.2 Å². The van der Waals surface area contributed by atoms with Gasteiger partial charge in [0.05, 0.1) is 34.9 Å². The molecule has 0 aromatic heterocycles. The Morgan fingerprint density at radius 1 is 1.00 bits per heavy atom. The number of anilines is 2. The van der Waals surface area contributed by atoms with Crippen molar-refractivity contribution in [1.82, 2.24) is 10.7 Å². The van der Waals surface area contributed by atoms with E-state index in [1.54, 1.807) is 6.92 Å². The number of amides is 2. The summed E-state index contributed by atoms with van der Waals surface area (Å²) < 4.78 is 51.3. The van der Waals surface area contributed by atoms with Gasteiger partial charge in [0.1, 0.15) is 0 Å². The molecule has 0 aliphatic rings. The van der Waals surface area contributed by atoms with Crippen molar-refractivity contribution in [2.75, 3.05) is 22.9 Å². The van der Waals surface area contributed by atoms with Crippen LogP contribution in [-0.4, -0.2) is 35.7 Å². The number of hydrazine groups is 1. The standard InChI is InChI=1S/C18H18N6O5S2/c1-5-21-18(25)23-22-16-10-14(19-2)15(20-3)11-17(16)31(28,29)13-8-6-12(7-9-13)24-30(4,26)27/h6-11,22,24H,5H2,1,4H3,(H2,21,23,25). The Bertz CT molecular complexity index is 1290. The Labute approximate surface area is 180 Å². The SMILES string of the molecule is [C-]#[N+]c1cc(NNC(=O)NCC)c(S(=O)(=O)c2ccc(NS(C)(=O)=O)cc2)cc1[N+]#[C-]. The van der Waals surface area contributed by atoms with Crippen molar-refractivity contribution >= 4 is 48.6 Å². The summed E-state index contributed by atoms with van der Waals surface area (Å²) in [5, 5.41) is 2.45. The minimum Gasteiger partial charge on any atom is -0.337 e. The smallest absolute Gasteiger partial charge is 0.333 e.